The summed E-state index contributed by atoms with van der Waals surface area (Å²) in [6, 6.07) is 15.4. The summed E-state index contributed by atoms with van der Waals surface area (Å²) in [4.78, 5) is 15.9. The van der Waals surface area contributed by atoms with Crippen molar-refractivity contribution in [2.45, 2.75) is 4.90 Å². The van der Waals surface area contributed by atoms with Gasteiger partial charge in [-0.2, -0.15) is 0 Å². The van der Waals surface area contributed by atoms with Crippen molar-refractivity contribution in [3.63, 3.8) is 0 Å². The highest BCUT2D eigenvalue weighted by Crippen LogP contribution is 2.19. The number of anilines is 2. The van der Waals surface area contributed by atoms with Crippen molar-refractivity contribution in [3.05, 3.63) is 77.8 Å². The van der Waals surface area contributed by atoms with Gasteiger partial charge in [-0.05, 0) is 35.9 Å². The first-order valence-corrected chi connectivity index (χ1v) is 9.96. The molecule has 1 aromatic heterocycles. The number of aromatic nitrogens is 1. The summed E-state index contributed by atoms with van der Waals surface area (Å²) in [5.74, 6) is -0.301. The summed E-state index contributed by atoms with van der Waals surface area (Å²) in [7, 11) is -3.70. The van der Waals surface area contributed by atoms with Crippen LogP contribution in [0.1, 0.15) is 5.56 Å². The Morgan fingerprint density at radius 2 is 1.77 bits per heavy atom. The SMILES string of the molecule is O=C(C=Cc1ccccc1)Nc1ccc(S(=O)(=O)Nc2nccs2)cc1. The Morgan fingerprint density at radius 1 is 1.04 bits per heavy atom. The molecule has 132 valence electrons. The van der Waals surface area contributed by atoms with Crippen molar-refractivity contribution in [1.82, 2.24) is 4.98 Å². The lowest BCUT2D eigenvalue weighted by Crippen LogP contribution is -2.13. The van der Waals surface area contributed by atoms with E-state index < -0.39 is 10.0 Å². The minimum absolute atomic E-state index is 0.0885. The lowest BCUT2D eigenvalue weighted by atomic mass is 10.2. The predicted octanol–water partition coefficient (Wildman–Crippen LogP) is 3.60. The molecule has 2 N–H and O–H groups in total. The van der Waals surface area contributed by atoms with E-state index in [1.54, 1.807) is 11.5 Å². The summed E-state index contributed by atoms with van der Waals surface area (Å²) in [6.07, 6.45) is 4.64. The van der Waals surface area contributed by atoms with Gasteiger partial charge in [0.15, 0.2) is 5.13 Å². The first-order valence-electron chi connectivity index (χ1n) is 7.59. The number of nitrogens with one attached hydrogen (secondary N) is 2. The van der Waals surface area contributed by atoms with Crippen molar-refractivity contribution < 1.29 is 13.2 Å². The van der Waals surface area contributed by atoms with Crippen LogP contribution in [-0.2, 0) is 14.8 Å². The summed E-state index contributed by atoms with van der Waals surface area (Å²) < 4.78 is 26.9. The van der Waals surface area contributed by atoms with Crippen molar-refractivity contribution in [2.75, 3.05) is 10.0 Å². The number of sulfonamides is 1. The molecule has 6 nitrogen and oxygen atoms in total. The zero-order chi connectivity index (χ0) is 18.4. The zero-order valence-electron chi connectivity index (χ0n) is 13.5. The van der Waals surface area contributed by atoms with E-state index in [4.69, 9.17) is 0 Å². The third-order valence-corrected chi connectivity index (χ3v) is 5.49. The van der Waals surface area contributed by atoms with Crippen molar-refractivity contribution >= 4 is 44.2 Å². The smallest absolute Gasteiger partial charge is 0.263 e. The molecule has 0 spiro atoms. The van der Waals surface area contributed by atoms with Gasteiger partial charge in [0.25, 0.3) is 10.0 Å². The van der Waals surface area contributed by atoms with Gasteiger partial charge in [-0.15, -0.1) is 11.3 Å². The van der Waals surface area contributed by atoms with Crippen LogP contribution in [0, 0.1) is 0 Å². The molecule has 3 rings (SSSR count). The first kappa shape index (κ1) is 17.8. The van der Waals surface area contributed by atoms with Crippen LogP contribution >= 0.6 is 11.3 Å². The van der Waals surface area contributed by atoms with Gasteiger partial charge in [0.2, 0.25) is 5.91 Å². The Labute approximate surface area is 155 Å². The number of thiazole rings is 1. The van der Waals surface area contributed by atoms with Crippen molar-refractivity contribution in [2.24, 2.45) is 0 Å². The molecule has 0 fully saturated rings. The molecule has 0 saturated heterocycles. The minimum atomic E-state index is -3.70. The van der Waals surface area contributed by atoms with Crippen LogP contribution in [0.5, 0.6) is 0 Å². The van der Waals surface area contributed by atoms with Crippen molar-refractivity contribution in [3.8, 4) is 0 Å². The summed E-state index contributed by atoms with van der Waals surface area (Å²) in [5, 5.41) is 4.66. The standard InChI is InChI=1S/C18H15N3O3S2/c22-17(11-6-14-4-2-1-3-5-14)20-15-7-9-16(10-8-15)26(23,24)21-18-19-12-13-25-18/h1-13H,(H,19,21)(H,20,22). The summed E-state index contributed by atoms with van der Waals surface area (Å²) in [5.41, 5.74) is 1.42. The summed E-state index contributed by atoms with van der Waals surface area (Å²) in [6.45, 7) is 0. The fraction of sp³-hybridized carbons (Fsp3) is 0. The molecule has 0 radical (unpaired) electrons. The van der Waals surface area contributed by atoms with Crippen LogP contribution < -0.4 is 10.0 Å². The van der Waals surface area contributed by atoms with Gasteiger partial charge in [0.1, 0.15) is 0 Å². The van der Waals surface area contributed by atoms with E-state index in [0.29, 0.717) is 10.8 Å². The Hall–Kier alpha value is -2.97. The maximum absolute atomic E-state index is 12.2. The van der Waals surface area contributed by atoms with Gasteiger partial charge in [-0.3, -0.25) is 9.52 Å². The maximum atomic E-state index is 12.2. The molecule has 0 aliphatic carbocycles. The number of amides is 1. The summed E-state index contributed by atoms with van der Waals surface area (Å²) >= 11 is 1.19. The normalized spacial score (nSPS) is 11.4. The number of benzene rings is 2. The van der Waals surface area contributed by atoms with Gasteiger partial charge in [-0.25, -0.2) is 13.4 Å². The highest BCUT2D eigenvalue weighted by Gasteiger charge is 2.15. The molecule has 0 aliphatic heterocycles. The lowest BCUT2D eigenvalue weighted by molar-refractivity contribution is -0.111. The van der Waals surface area contributed by atoms with E-state index in [1.807, 2.05) is 30.3 Å². The monoisotopic (exact) mass is 385 g/mol. The highest BCUT2D eigenvalue weighted by atomic mass is 32.2. The van der Waals surface area contributed by atoms with Gasteiger partial charge in [0.05, 0.1) is 4.90 Å². The van der Waals surface area contributed by atoms with Crippen LogP contribution in [0.2, 0.25) is 0 Å². The molecule has 26 heavy (non-hydrogen) atoms. The van der Waals surface area contributed by atoms with Gasteiger partial charge >= 0.3 is 0 Å². The molecule has 0 saturated carbocycles. The number of carbonyl (C=O) groups is 1. The van der Waals surface area contributed by atoms with Crippen LogP contribution in [0.3, 0.4) is 0 Å². The van der Waals surface area contributed by atoms with E-state index in [0.717, 1.165) is 5.56 Å². The second kappa shape index (κ2) is 7.94. The number of hydrogen-bond acceptors (Lipinski definition) is 5. The van der Waals surface area contributed by atoms with Crippen LogP contribution in [-0.4, -0.2) is 19.3 Å². The predicted molar refractivity (Wildman–Crippen MR) is 103 cm³/mol. The molecular formula is C18H15N3O3S2. The fourth-order valence-electron chi connectivity index (χ4n) is 2.09. The molecule has 3 aromatic rings. The average molecular weight is 385 g/mol. The highest BCUT2D eigenvalue weighted by molar-refractivity contribution is 7.93. The average Bonchev–Trinajstić information content (AvgIpc) is 3.14. The lowest BCUT2D eigenvalue weighted by Gasteiger charge is -2.07. The maximum Gasteiger partial charge on any atom is 0.263 e. The molecular weight excluding hydrogens is 370 g/mol. The second-order valence-corrected chi connectivity index (χ2v) is 7.78. The van der Waals surface area contributed by atoms with Gasteiger partial charge in [0, 0.05) is 23.3 Å². The molecule has 8 heteroatoms. The van der Waals surface area contributed by atoms with E-state index in [9.17, 15) is 13.2 Å². The Balaban J connectivity index is 1.64. The molecule has 0 bridgehead atoms. The third-order valence-electron chi connectivity index (χ3n) is 3.31. The number of carbonyl (C=O) groups excluding carboxylic acids is 1. The molecule has 1 heterocycles. The Morgan fingerprint density at radius 3 is 2.42 bits per heavy atom. The molecule has 0 atom stereocenters. The number of rotatable bonds is 6. The van der Waals surface area contributed by atoms with Crippen LogP contribution in [0.4, 0.5) is 10.8 Å². The molecule has 0 unspecified atom stereocenters. The quantitative estimate of drug-likeness (QED) is 0.635. The second-order valence-electron chi connectivity index (χ2n) is 5.20. The van der Waals surface area contributed by atoms with Crippen LogP contribution in [0.25, 0.3) is 6.08 Å². The van der Waals surface area contributed by atoms with Crippen LogP contribution in [0.15, 0.2) is 77.1 Å². The minimum Gasteiger partial charge on any atom is -0.323 e. The van der Waals surface area contributed by atoms with E-state index >= 15 is 0 Å². The number of hydrogen-bond donors (Lipinski definition) is 2. The zero-order valence-corrected chi connectivity index (χ0v) is 15.1. The van der Waals surface area contributed by atoms with Gasteiger partial charge < -0.3 is 5.32 Å². The molecule has 2 aromatic carbocycles. The number of nitrogens with zero attached hydrogens (tertiary/aromatic N) is 1. The van der Waals surface area contributed by atoms with Gasteiger partial charge in [-0.1, -0.05) is 30.3 Å². The Kier molecular flexibility index (Phi) is 5.45. The fourth-order valence-corrected chi connectivity index (χ4v) is 3.87. The van der Waals surface area contributed by atoms with Crippen molar-refractivity contribution in [1.29, 1.82) is 0 Å². The van der Waals surface area contributed by atoms with E-state index in [2.05, 4.69) is 15.0 Å². The van der Waals surface area contributed by atoms with E-state index in [1.165, 1.54) is 47.9 Å². The molecule has 0 aliphatic rings. The van der Waals surface area contributed by atoms with E-state index in [-0.39, 0.29) is 10.8 Å². The topological polar surface area (TPSA) is 88.2 Å². The molecule has 1 amide bonds. The first-order chi connectivity index (χ1) is 12.5. The Bertz CT molecular complexity index is 998. The largest absolute Gasteiger partial charge is 0.323 e. The third kappa shape index (κ3) is 4.78.